The van der Waals surface area contributed by atoms with Crippen molar-refractivity contribution in [3.05, 3.63) is 0 Å². The van der Waals surface area contributed by atoms with Crippen LogP contribution in [-0.4, -0.2) is 37.4 Å². The molecule has 0 spiro atoms. The molecule has 0 aliphatic carbocycles. The maximum atomic E-state index is 10.9. The Morgan fingerprint density at radius 3 is 1.45 bits per heavy atom. The molecule has 0 aromatic carbocycles. The monoisotopic (exact) mass is 694 g/mol. The van der Waals surface area contributed by atoms with Crippen LogP contribution in [0.25, 0.3) is 0 Å². The maximum absolute atomic E-state index is 10.9. The van der Waals surface area contributed by atoms with Crippen molar-refractivity contribution in [3.63, 3.8) is 0 Å². The molecule has 0 rings (SSSR count). The first-order valence-corrected chi connectivity index (χ1v) is 20.3. The summed E-state index contributed by atoms with van der Waals surface area (Å²) in [6.07, 6.45) is 1.83. The topological polar surface area (TPSA) is 71.1 Å². The number of hydrogen-bond donors (Lipinski definition) is 0. The molecule has 0 radical (unpaired) electrons. The second-order valence-electron chi connectivity index (χ2n) is 5.08. The van der Waals surface area contributed by atoms with Gasteiger partial charge in [-0.1, -0.05) is 0 Å². The third-order valence-electron chi connectivity index (χ3n) is 2.90. The molecule has 0 N–H and O–H groups in total. The third kappa shape index (κ3) is 13.2. The first-order valence-electron chi connectivity index (χ1n) is 8.01. The van der Waals surface area contributed by atoms with Gasteiger partial charge in [-0.3, -0.25) is 0 Å². The van der Waals surface area contributed by atoms with E-state index >= 15 is 0 Å². The van der Waals surface area contributed by atoms with Crippen LogP contribution in [0.1, 0.15) is 40.5 Å². The van der Waals surface area contributed by atoms with Crippen LogP contribution in [0.4, 0.5) is 0 Å². The summed E-state index contributed by atoms with van der Waals surface area (Å²) in [7, 11) is 0. The van der Waals surface area contributed by atoms with E-state index in [9.17, 15) is 9.59 Å². The molecular formula is C14H26Hg2O6. The fraction of sp³-hybridized carbons (Fsp3) is 0.857. The fourth-order valence-corrected chi connectivity index (χ4v) is 11.1. The van der Waals surface area contributed by atoms with Crippen molar-refractivity contribution in [2.24, 2.45) is 0 Å². The summed E-state index contributed by atoms with van der Waals surface area (Å²) in [5.74, 6) is -0.385. The van der Waals surface area contributed by atoms with E-state index in [0.29, 0.717) is 13.2 Å². The van der Waals surface area contributed by atoms with Gasteiger partial charge in [-0.2, -0.15) is 0 Å². The van der Waals surface area contributed by atoms with Gasteiger partial charge in [0.1, 0.15) is 0 Å². The fourth-order valence-electron chi connectivity index (χ4n) is 1.93. The van der Waals surface area contributed by atoms with E-state index < -0.39 is 50.1 Å². The molecule has 2 atom stereocenters. The van der Waals surface area contributed by atoms with Crippen LogP contribution in [-0.2, 0) is 74.4 Å². The predicted octanol–water partition coefficient (Wildman–Crippen LogP) is 2.53. The average molecular weight is 692 g/mol. The van der Waals surface area contributed by atoms with Gasteiger partial charge in [-0.05, 0) is 0 Å². The Kier molecular flexibility index (Phi) is 15.8. The summed E-state index contributed by atoms with van der Waals surface area (Å²) in [4.78, 5) is 21.9. The molecule has 22 heavy (non-hydrogen) atoms. The van der Waals surface area contributed by atoms with Gasteiger partial charge in [-0.15, -0.1) is 0 Å². The van der Waals surface area contributed by atoms with Gasteiger partial charge in [-0.25, -0.2) is 0 Å². The standard InChI is InChI=1S/C10H20O2.2C2H4O2.2Hg/c1-5-7-11-9(3)10(4)12-8-6-2;2*1-2(3)4;;/h9-10H,3-8H2,1-2H3;2*1H3,(H,3,4);;/q;;;2*+1/p-2. The zero-order valence-corrected chi connectivity index (χ0v) is 25.3. The van der Waals surface area contributed by atoms with Crippen molar-refractivity contribution in [1.29, 1.82) is 0 Å². The van der Waals surface area contributed by atoms with Gasteiger partial charge in [0.05, 0.1) is 0 Å². The Labute approximate surface area is 159 Å². The molecule has 0 heterocycles. The van der Waals surface area contributed by atoms with Gasteiger partial charge < -0.3 is 0 Å². The zero-order chi connectivity index (χ0) is 16.8. The molecule has 0 bridgehead atoms. The van der Waals surface area contributed by atoms with Crippen LogP contribution >= 0.6 is 0 Å². The van der Waals surface area contributed by atoms with Crippen LogP contribution in [0.5, 0.6) is 0 Å². The van der Waals surface area contributed by atoms with Crippen molar-refractivity contribution >= 4 is 11.9 Å². The molecule has 0 amide bonds. The number of carbonyl (C=O) groups is 2. The van der Waals surface area contributed by atoms with Crippen LogP contribution in [0.2, 0.25) is 7.86 Å². The number of hydrogen-bond acceptors (Lipinski definition) is 6. The van der Waals surface area contributed by atoms with Gasteiger partial charge in [0, 0.05) is 0 Å². The Morgan fingerprint density at radius 2 is 1.18 bits per heavy atom. The van der Waals surface area contributed by atoms with Crippen LogP contribution < -0.4 is 0 Å². The van der Waals surface area contributed by atoms with E-state index in [4.69, 9.17) is 14.8 Å². The molecule has 0 aromatic heterocycles. The molecule has 0 aromatic rings. The minimum absolute atomic E-state index is 0.0249. The molecule has 0 aliphatic rings. The van der Waals surface area contributed by atoms with Crippen molar-refractivity contribution < 1.29 is 74.4 Å². The van der Waals surface area contributed by atoms with Crippen molar-refractivity contribution in [3.8, 4) is 0 Å². The normalized spacial score (nSPS) is 12.7. The Balaban J connectivity index is 4.52. The molecule has 2 unspecified atom stereocenters. The second kappa shape index (κ2) is 15.3. The van der Waals surface area contributed by atoms with Crippen molar-refractivity contribution in [2.75, 3.05) is 13.2 Å². The predicted molar refractivity (Wildman–Crippen MR) is 73.2 cm³/mol. The Hall–Kier alpha value is 0.730. The van der Waals surface area contributed by atoms with E-state index in [1.165, 1.54) is 13.8 Å². The van der Waals surface area contributed by atoms with Gasteiger partial charge in [0.15, 0.2) is 0 Å². The molecule has 122 valence electrons. The summed E-state index contributed by atoms with van der Waals surface area (Å²) < 4.78 is 24.0. The molecule has 0 aliphatic heterocycles. The summed E-state index contributed by atoms with van der Waals surface area (Å²) in [6.45, 7) is 8.38. The SMILES string of the molecule is CCCOC([CH2][Hg][O]C(C)=O)C([CH2][Hg][O]C(C)=O)OCCC. The summed E-state index contributed by atoms with van der Waals surface area (Å²) >= 11 is -3.44. The molecular weight excluding hydrogens is 665 g/mol. The number of rotatable bonds is 13. The summed E-state index contributed by atoms with van der Waals surface area (Å²) in [6, 6.07) is 0. The summed E-state index contributed by atoms with van der Waals surface area (Å²) in [5.41, 5.74) is 0. The van der Waals surface area contributed by atoms with Gasteiger partial charge in [0.2, 0.25) is 0 Å². The van der Waals surface area contributed by atoms with E-state index in [0.717, 1.165) is 20.7 Å². The van der Waals surface area contributed by atoms with Gasteiger partial charge >= 0.3 is 160 Å². The molecule has 0 saturated carbocycles. The van der Waals surface area contributed by atoms with Crippen LogP contribution in [0, 0.1) is 0 Å². The first kappa shape index (κ1) is 22.7. The Morgan fingerprint density at radius 1 is 0.818 bits per heavy atom. The second-order valence-corrected chi connectivity index (χ2v) is 15.0. The molecule has 8 heteroatoms. The summed E-state index contributed by atoms with van der Waals surface area (Å²) in [5, 5.41) is 0. The zero-order valence-electron chi connectivity index (χ0n) is 14.3. The minimum atomic E-state index is -1.72. The third-order valence-corrected chi connectivity index (χ3v) is 13.9. The van der Waals surface area contributed by atoms with E-state index in [-0.39, 0.29) is 24.1 Å². The van der Waals surface area contributed by atoms with Crippen LogP contribution in [0.3, 0.4) is 0 Å². The molecule has 0 fully saturated rings. The average Bonchev–Trinajstić information content (AvgIpc) is 2.46. The Bertz CT molecular complexity index is 284. The number of carbonyl (C=O) groups excluding carboxylic acids is 2. The quantitative estimate of drug-likeness (QED) is 0.277. The molecule has 6 nitrogen and oxygen atoms in total. The first-order chi connectivity index (χ1) is 10.5. The van der Waals surface area contributed by atoms with Gasteiger partial charge in [0.25, 0.3) is 0 Å². The number of ether oxygens (including phenoxy) is 2. The van der Waals surface area contributed by atoms with E-state index in [2.05, 4.69) is 13.8 Å². The van der Waals surface area contributed by atoms with E-state index in [1.807, 2.05) is 0 Å². The van der Waals surface area contributed by atoms with Crippen molar-refractivity contribution in [2.45, 2.75) is 60.6 Å². The van der Waals surface area contributed by atoms with E-state index in [1.54, 1.807) is 0 Å². The van der Waals surface area contributed by atoms with Crippen LogP contribution in [0.15, 0.2) is 0 Å². The van der Waals surface area contributed by atoms with Crippen molar-refractivity contribution in [1.82, 2.24) is 0 Å². The molecule has 0 saturated heterocycles.